The lowest BCUT2D eigenvalue weighted by molar-refractivity contribution is -0.150. The number of hydrogen-bond acceptors (Lipinski definition) is 3. The zero-order valence-electron chi connectivity index (χ0n) is 12.8. The van der Waals surface area contributed by atoms with Crippen LogP contribution in [0.1, 0.15) is 38.7 Å². The SMILES string of the molecule is CCCCC(C)OC(=O)C(N)Cc1c[nH]c2ccccc12. The van der Waals surface area contributed by atoms with Gasteiger partial charge in [0.2, 0.25) is 0 Å². The molecular weight excluding hydrogens is 264 g/mol. The third-order valence-electron chi connectivity index (χ3n) is 3.70. The second-order valence-electron chi connectivity index (χ2n) is 5.56. The second kappa shape index (κ2) is 7.27. The van der Waals surface area contributed by atoms with Crippen LogP contribution in [0.3, 0.4) is 0 Å². The molecule has 1 aromatic heterocycles. The first-order chi connectivity index (χ1) is 10.1. The molecule has 0 saturated carbocycles. The zero-order valence-corrected chi connectivity index (χ0v) is 12.8. The van der Waals surface area contributed by atoms with Crippen LogP contribution in [0.5, 0.6) is 0 Å². The van der Waals surface area contributed by atoms with Crippen molar-refractivity contribution in [1.29, 1.82) is 0 Å². The molecule has 0 amide bonds. The Kier molecular flexibility index (Phi) is 5.39. The van der Waals surface area contributed by atoms with Gasteiger partial charge in [-0.25, -0.2) is 0 Å². The van der Waals surface area contributed by atoms with Crippen LogP contribution in [0, 0.1) is 0 Å². The standard InChI is InChI=1S/C17H24N2O2/c1-3-4-7-12(2)21-17(20)15(18)10-13-11-19-16-9-6-5-8-14(13)16/h5-6,8-9,11-12,15,19H,3-4,7,10,18H2,1-2H3. The average Bonchev–Trinajstić information content (AvgIpc) is 2.88. The summed E-state index contributed by atoms with van der Waals surface area (Å²) in [6, 6.07) is 7.38. The largest absolute Gasteiger partial charge is 0.462 e. The Morgan fingerprint density at radius 1 is 1.38 bits per heavy atom. The molecule has 2 aromatic rings. The van der Waals surface area contributed by atoms with E-state index in [9.17, 15) is 4.79 Å². The van der Waals surface area contributed by atoms with Gasteiger partial charge in [-0.2, -0.15) is 0 Å². The highest BCUT2D eigenvalue weighted by atomic mass is 16.5. The molecule has 0 bridgehead atoms. The van der Waals surface area contributed by atoms with E-state index in [0.29, 0.717) is 6.42 Å². The third kappa shape index (κ3) is 4.08. The van der Waals surface area contributed by atoms with E-state index in [1.807, 2.05) is 37.4 Å². The molecule has 2 rings (SSSR count). The molecule has 4 nitrogen and oxygen atoms in total. The summed E-state index contributed by atoms with van der Waals surface area (Å²) in [5.74, 6) is -0.316. The van der Waals surface area contributed by atoms with Crippen molar-refractivity contribution in [3.63, 3.8) is 0 Å². The Morgan fingerprint density at radius 2 is 2.14 bits per heavy atom. The molecule has 114 valence electrons. The molecular formula is C17H24N2O2. The van der Waals surface area contributed by atoms with E-state index in [1.54, 1.807) is 0 Å². The van der Waals surface area contributed by atoms with E-state index < -0.39 is 6.04 Å². The number of aromatic amines is 1. The van der Waals surface area contributed by atoms with Crippen LogP contribution in [0.15, 0.2) is 30.5 Å². The minimum atomic E-state index is -0.617. The fourth-order valence-electron chi connectivity index (χ4n) is 2.46. The molecule has 0 radical (unpaired) electrons. The predicted molar refractivity (Wildman–Crippen MR) is 85.1 cm³/mol. The number of carbonyl (C=O) groups excluding carboxylic acids is 1. The van der Waals surface area contributed by atoms with Gasteiger partial charge in [-0.05, 0) is 25.0 Å². The number of ether oxygens (including phenoxy) is 1. The number of benzene rings is 1. The zero-order chi connectivity index (χ0) is 15.2. The quantitative estimate of drug-likeness (QED) is 0.769. The van der Waals surface area contributed by atoms with Crippen LogP contribution < -0.4 is 5.73 Å². The van der Waals surface area contributed by atoms with Crippen molar-refractivity contribution in [3.8, 4) is 0 Å². The summed E-state index contributed by atoms with van der Waals surface area (Å²) < 4.78 is 5.40. The summed E-state index contributed by atoms with van der Waals surface area (Å²) >= 11 is 0. The molecule has 21 heavy (non-hydrogen) atoms. The van der Waals surface area contributed by atoms with E-state index in [4.69, 9.17) is 10.5 Å². The normalized spacial score (nSPS) is 14.0. The number of aromatic nitrogens is 1. The number of rotatable bonds is 7. The number of para-hydroxylation sites is 1. The van der Waals surface area contributed by atoms with Gasteiger partial charge in [0.25, 0.3) is 0 Å². The van der Waals surface area contributed by atoms with Crippen LogP contribution in [-0.2, 0) is 16.0 Å². The second-order valence-corrected chi connectivity index (χ2v) is 5.56. The number of unbranched alkanes of at least 4 members (excludes halogenated alkanes) is 1. The number of carbonyl (C=O) groups is 1. The molecule has 0 aliphatic rings. The fraction of sp³-hybridized carbons (Fsp3) is 0.471. The van der Waals surface area contributed by atoms with E-state index in [0.717, 1.165) is 35.7 Å². The summed E-state index contributed by atoms with van der Waals surface area (Å²) in [5, 5.41) is 1.11. The van der Waals surface area contributed by atoms with Gasteiger partial charge in [0.05, 0.1) is 6.10 Å². The highest BCUT2D eigenvalue weighted by Gasteiger charge is 2.19. The van der Waals surface area contributed by atoms with Crippen LogP contribution in [0.2, 0.25) is 0 Å². The summed E-state index contributed by atoms with van der Waals surface area (Å²) in [6.07, 6.45) is 5.39. The number of nitrogens with one attached hydrogen (secondary N) is 1. The van der Waals surface area contributed by atoms with Crippen LogP contribution >= 0.6 is 0 Å². The molecule has 0 saturated heterocycles. The van der Waals surface area contributed by atoms with Gasteiger partial charge >= 0.3 is 5.97 Å². The van der Waals surface area contributed by atoms with Crippen molar-refractivity contribution in [2.45, 2.75) is 51.7 Å². The topological polar surface area (TPSA) is 68.1 Å². The molecule has 0 spiro atoms. The molecule has 2 unspecified atom stereocenters. The van der Waals surface area contributed by atoms with Crippen molar-refractivity contribution in [2.24, 2.45) is 5.73 Å². The minimum absolute atomic E-state index is 0.0635. The first-order valence-corrected chi connectivity index (χ1v) is 7.63. The molecule has 0 fully saturated rings. The van der Waals surface area contributed by atoms with Crippen LogP contribution in [0.4, 0.5) is 0 Å². The predicted octanol–water partition coefficient (Wildman–Crippen LogP) is 3.16. The summed E-state index contributed by atoms with van der Waals surface area (Å²) in [4.78, 5) is 15.2. The van der Waals surface area contributed by atoms with Gasteiger partial charge in [-0.15, -0.1) is 0 Å². The number of esters is 1. The van der Waals surface area contributed by atoms with E-state index in [2.05, 4.69) is 11.9 Å². The van der Waals surface area contributed by atoms with Gasteiger partial charge in [0.1, 0.15) is 6.04 Å². The highest BCUT2D eigenvalue weighted by molar-refractivity contribution is 5.84. The monoisotopic (exact) mass is 288 g/mol. The summed E-state index contributed by atoms with van der Waals surface area (Å²) in [7, 11) is 0. The summed E-state index contributed by atoms with van der Waals surface area (Å²) in [5.41, 5.74) is 8.10. The molecule has 1 aromatic carbocycles. The van der Waals surface area contributed by atoms with Crippen molar-refractivity contribution in [3.05, 3.63) is 36.0 Å². The highest BCUT2D eigenvalue weighted by Crippen LogP contribution is 2.19. The van der Waals surface area contributed by atoms with Crippen molar-refractivity contribution in [2.75, 3.05) is 0 Å². The first-order valence-electron chi connectivity index (χ1n) is 7.63. The van der Waals surface area contributed by atoms with Crippen molar-refractivity contribution >= 4 is 16.9 Å². The molecule has 3 N–H and O–H groups in total. The molecule has 2 atom stereocenters. The smallest absolute Gasteiger partial charge is 0.323 e. The number of nitrogens with two attached hydrogens (primary N) is 1. The maximum atomic E-state index is 12.0. The van der Waals surface area contributed by atoms with Crippen molar-refractivity contribution < 1.29 is 9.53 Å². The average molecular weight is 288 g/mol. The molecule has 4 heteroatoms. The fourth-order valence-corrected chi connectivity index (χ4v) is 2.46. The van der Waals surface area contributed by atoms with Gasteiger partial charge in [0.15, 0.2) is 0 Å². The first kappa shape index (κ1) is 15.6. The Bertz CT molecular complexity index is 591. The lowest BCUT2D eigenvalue weighted by atomic mass is 10.1. The maximum Gasteiger partial charge on any atom is 0.323 e. The van der Waals surface area contributed by atoms with Gasteiger partial charge < -0.3 is 15.5 Å². The van der Waals surface area contributed by atoms with Crippen molar-refractivity contribution in [1.82, 2.24) is 4.98 Å². The Morgan fingerprint density at radius 3 is 2.90 bits per heavy atom. The van der Waals surface area contributed by atoms with Crippen LogP contribution in [0.25, 0.3) is 10.9 Å². The Labute approximate surface area is 125 Å². The van der Waals surface area contributed by atoms with Gasteiger partial charge in [0, 0.05) is 23.5 Å². The Hall–Kier alpha value is -1.81. The van der Waals surface area contributed by atoms with Gasteiger partial charge in [-0.1, -0.05) is 38.0 Å². The van der Waals surface area contributed by atoms with E-state index in [-0.39, 0.29) is 12.1 Å². The summed E-state index contributed by atoms with van der Waals surface area (Å²) in [6.45, 7) is 4.04. The van der Waals surface area contributed by atoms with E-state index in [1.165, 1.54) is 0 Å². The number of hydrogen-bond donors (Lipinski definition) is 2. The maximum absolute atomic E-state index is 12.0. The third-order valence-corrected chi connectivity index (χ3v) is 3.70. The van der Waals surface area contributed by atoms with Crippen LogP contribution in [-0.4, -0.2) is 23.1 Å². The molecule has 0 aliphatic heterocycles. The lowest BCUT2D eigenvalue weighted by Crippen LogP contribution is -2.36. The molecule has 1 heterocycles. The van der Waals surface area contributed by atoms with Gasteiger partial charge in [-0.3, -0.25) is 4.79 Å². The number of fused-ring (bicyclic) bond motifs is 1. The Balaban J connectivity index is 1.94. The number of H-pyrrole nitrogens is 1. The molecule has 0 aliphatic carbocycles. The lowest BCUT2D eigenvalue weighted by Gasteiger charge is -2.16. The minimum Gasteiger partial charge on any atom is -0.462 e. The van der Waals surface area contributed by atoms with E-state index >= 15 is 0 Å².